The number of aliphatic carboxylic acids is 1. The summed E-state index contributed by atoms with van der Waals surface area (Å²) in [5, 5.41) is 9.05. The number of ether oxygens (including phenoxy) is 2. The Bertz CT molecular complexity index is 307. The van der Waals surface area contributed by atoms with E-state index in [1.807, 2.05) is 16.7 Å². The van der Waals surface area contributed by atoms with Crippen LogP contribution in [-0.2, 0) is 14.3 Å². The molecule has 0 aromatic rings. The average molecular weight is 289 g/mol. The fourth-order valence-corrected chi connectivity index (χ4v) is 4.33. The third-order valence-corrected chi connectivity index (χ3v) is 5.19. The maximum Gasteiger partial charge on any atom is 0.317 e. The number of thioether (sulfide) groups is 1. The van der Waals surface area contributed by atoms with Crippen LogP contribution in [0.25, 0.3) is 0 Å². The molecule has 2 heterocycles. The molecule has 2 saturated heterocycles. The first-order chi connectivity index (χ1) is 9.15. The number of hydrogen-bond donors (Lipinski definition) is 1. The normalized spacial score (nSPS) is 31.2. The van der Waals surface area contributed by atoms with Crippen molar-refractivity contribution in [3.05, 3.63) is 0 Å². The zero-order chi connectivity index (χ0) is 13.7. The molecule has 0 radical (unpaired) electrons. The predicted octanol–water partition coefficient (Wildman–Crippen LogP) is 1.07. The van der Waals surface area contributed by atoms with Crippen LogP contribution in [0, 0.1) is 0 Å². The van der Waals surface area contributed by atoms with E-state index in [1.165, 1.54) is 0 Å². The van der Waals surface area contributed by atoms with E-state index in [-0.39, 0.29) is 12.1 Å². The number of carbonyl (C=O) groups is 1. The van der Waals surface area contributed by atoms with Gasteiger partial charge in [0, 0.05) is 32.1 Å². The van der Waals surface area contributed by atoms with E-state index in [4.69, 9.17) is 14.6 Å². The Hall–Kier alpha value is -0.300. The van der Waals surface area contributed by atoms with Crippen molar-refractivity contribution in [1.29, 1.82) is 0 Å². The van der Waals surface area contributed by atoms with Crippen molar-refractivity contribution in [3.63, 3.8) is 0 Å². The van der Waals surface area contributed by atoms with Gasteiger partial charge in [-0.3, -0.25) is 9.69 Å². The second-order valence-electron chi connectivity index (χ2n) is 5.34. The predicted molar refractivity (Wildman–Crippen MR) is 74.7 cm³/mol. The Morgan fingerprint density at radius 3 is 3.11 bits per heavy atom. The van der Waals surface area contributed by atoms with Gasteiger partial charge in [-0.25, -0.2) is 0 Å². The van der Waals surface area contributed by atoms with Crippen LogP contribution in [-0.4, -0.2) is 72.5 Å². The van der Waals surface area contributed by atoms with Gasteiger partial charge >= 0.3 is 5.97 Å². The fraction of sp³-hybridized carbons (Fsp3) is 0.923. The molecule has 0 saturated carbocycles. The number of nitrogens with zero attached hydrogens (tertiary/aromatic N) is 1. The molecule has 6 heteroatoms. The van der Waals surface area contributed by atoms with E-state index in [0.717, 1.165) is 37.4 Å². The third kappa shape index (κ3) is 4.08. The summed E-state index contributed by atoms with van der Waals surface area (Å²) in [6.07, 6.45) is 2.97. The first-order valence-corrected chi connectivity index (χ1v) is 7.97. The molecule has 2 aliphatic heterocycles. The van der Waals surface area contributed by atoms with Crippen LogP contribution in [0.5, 0.6) is 0 Å². The molecular formula is C13H23NO4S. The molecule has 2 aliphatic rings. The highest BCUT2D eigenvalue weighted by atomic mass is 32.2. The number of hydrogen-bond acceptors (Lipinski definition) is 5. The van der Waals surface area contributed by atoms with E-state index >= 15 is 0 Å². The summed E-state index contributed by atoms with van der Waals surface area (Å²) < 4.78 is 11.1. The zero-order valence-electron chi connectivity index (χ0n) is 11.5. The smallest absolute Gasteiger partial charge is 0.317 e. The first kappa shape index (κ1) is 15.1. The van der Waals surface area contributed by atoms with Crippen molar-refractivity contribution in [2.45, 2.75) is 30.9 Å². The van der Waals surface area contributed by atoms with Gasteiger partial charge < -0.3 is 14.6 Å². The van der Waals surface area contributed by atoms with Crippen LogP contribution in [0.2, 0.25) is 0 Å². The molecule has 0 aliphatic carbocycles. The van der Waals surface area contributed by atoms with Crippen LogP contribution in [0.15, 0.2) is 0 Å². The fourth-order valence-electron chi connectivity index (χ4n) is 2.95. The monoisotopic (exact) mass is 289 g/mol. The highest BCUT2D eigenvalue weighted by Crippen LogP contribution is 2.39. The third-order valence-electron chi connectivity index (χ3n) is 3.97. The van der Waals surface area contributed by atoms with Crippen molar-refractivity contribution in [3.8, 4) is 0 Å². The first-order valence-electron chi connectivity index (χ1n) is 6.82. The molecule has 1 spiro atoms. The maximum absolute atomic E-state index is 11.0. The number of methoxy groups -OCH3 is 1. The minimum absolute atomic E-state index is 0.00257. The van der Waals surface area contributed by atoms with Crippen molar-refractivity contribution < 1.29 is 19.4 Å². The van der Waals surface area contributed by atoms with Gasteiger partial charge in [0.25, 0.3) is 0 Å². The van der Waals surface area contributed by atoms with E-state index < -0.39 is 5.97 Å². The molecule has 19 heavy (non-hydrogen) atoms. The molecule has 0 amide bonds. The Morgan fingerprint density at radius 2 is 2.47 bits per heavy atom. The van der Waals surface area contributed by atoms with Gasteiger partial charge in [-0.05, 0) is 25.0 Å². The molecule has 110 valence electrons. The second kappa shape index (κ2) is 6.92. The summed E-state index contributed by atoms with van der Waals surface area (Å²) >= 11 is 1.94. The van der Waals surface area contributed by atoms with Crippen molar-refractivity contribution in [1.82, 2.24) is 4.90 Å². The Balaban J connectivity index is 1.96. The summed E-state index contributed by atoms with van der Waals surface area (Å²) in [7, 11) is 1.65. The molecule has 1 N–H and O–H groups in total. The Kier molecular flexibility index (Phi) is 5.50. The number of carboxylic acid groups (broad SMARTS) is 1. The molecule has 0 bridgehead atoms. The standard InChI is InChI=1S/C13H23NO4S/c1-17-6-4-14(9-12(15)16)11-2-5-18-13(8-11)3-7-19-10-13/h11H,2-10H2,1H3,(H,15,16). The lowest BCUT2D eigenvalue weighted by atomic mass is 9.89. The van der Waals surface area contributed by atoms with Gasteiger partial charge in [-0.15, -0.1) is 0 Å². The SMILES string of the molecule is COCCN(CC(=O)O)C1CCOC2(CCSC2)C1. The molecule has 2 unspecified atom stereocenters. The van der Waals surface area contributed by atoms with Gasteiger partial charge in [-0.2, -0.15) is 11.8 Å². The second-order valence-corrected chi connectivity index (χ2v) is 6.44. The lowest BCUT2D eigenvalue weighted by Gasteiger charge is -2.42. The van der Waals surface area contributed by atoms with Crippen LogP contribution in [0.3, 0.4) is 0 Å². The lowest BCUT2D eigenvalue weighted by Crippen LogP contribution is -2.51. The minimum Gasteiger partial charge on any atom is -0.480 e. The van der Waals surface area contributed by atoms with Gasteiger partial charge in [0.15, 0.2) is 0 Å². The summed E-state index contributed by atoms with van der Waals surface area (Å²) in [5.74, 6) is 1.44. The molecule has 2 atom stereocenters. The largest absolute Gasteiger partial charge is 0.480 e. The summed E-state index contributed by atoms with van der Waals surface area (Å²) in [6.45, 7) is 2.09. The number of carboxylic acids is 1. The average Bonchev–Trinajstić information content (AvgIpc) is 2.82. The van der Waals surface area contributed by atoms with Crippen LogP contribution < -0.4 is 0 Å². The van der Waals surface area contributed by atoms with E-state index in [0.29, 0.717) is 19.2 Å². The van der Waals surface area contributed by atoms with Crippen molar-refractivity contribution in [2.24, 2.45) is 0 Å². The van der Waals surface area contributed by atoms with Gasteiger partial charge in [0.05, 0.1) is 18.8 Å². The molecule has 2 rings (SSSR count). The highest BCUT2D eigenvalue weighted by molar-refractivity contribution is 7.99. The Labute approximate surface area is 118 Å². The van der Waals surface area contributed by atoms with E-state index in [9.17, 15) is 4.79 Å². The lowest BCUT2D eigenvalue weighted by molar-refractivity contribution is -0.141. The number of rotatable bonds is 6. The molecule has 5 nitrogen and oxygen atoms in total. The summed E-state index contributed by atoms with van der Waals surface area (Å²) in [4.78, 5) is 13.1. The molecule has 0 aromatic carbocycles. The maximum atomic E-state index is 11.0. The molecular weight excluding hydrogens is 266 g/mol. The van der Waals surface area contributed by atoms with Crippen molar-refractivity contribution >= 4 is 17.7 Å². The van der Waals surface area contributed by atoms with Crippen LogP contribution in [0.4, 0.5) is 0 Å². The van der Waals surface area contributed by atoms with Gasteiger partial charge in [0.2, 0.25) is 0 Å². The summed E-state index contributed by atoms with van der Waals surface area (Å²) in [6, 6.07) is 0.304. The highest BCUT2D eigenvalue weighted by Gasteiger charge is 2.42. The van der Waals surface area contributed by atoms with Crippen LogP contribution in [0.1, 0.15) is 19.3 Å². The quantitative estimate of drug-likeness (QED) is 0.789. The van der Waals surface area contributed by atoms with Gasteiger partial charge in [-0.1, -0.05) is 0 Å². The molecule has 2 fully saturated rings. The molecule has 0 aromatic heterocycles. The van der Waals surface area contributed by atoms with E-state index in [1.54, 1.807) is 7.11 Å². The zero-order valence-corrected chi connectivity index (χ0v) is 12.3. The van der Waals surface area contributed by atoms with E-state index in [2.05, 4.69) is 0 Å². The van der Waals surface area contributed by atoms with Gasteiger partial charge in [0.1, 0.15) is 0 Å². The Morgan fingerprint density at radius 1 is 1.63 bits per heavy atom. The van der Waals surface area contributed by atoms with Crippen LogP contribution >= 0.6 is 11.8 Å². The summed E-state index contributed by atoms with van der Waals surface area (Å²) in [5.41, 5.74) is -0.00257. The van der Waals surface area contributed by atoms with Crippen molar-refractivity contribution in [2.75, 3.05) is 44.9 Å². The topological polar surface area (TPSA) is 59.0 Å². The minimum atomic E-state index is -0.766.